The molecule has 0 radical (unpaired) electrons. The third kappa shape index (κ3) is 6.30. The topological polar surface area (TPSA) is 86.4 Å². The van der Waals surface area contributed by atoms with Gasteiger partial charge in [0.25, 0.3) is 0 Å². The highest BCUT2D eigenvalue weighted by Gasteiger charge is 2.33. The number of ether oxygens (including phenoxy) is 2. The number of hydrogen-bond acceptors (Lipinski definition) is 7. The highest BCUT2D eigenvalue weighted by atomic mass is 16.5. The van der Waals surface area contributed by atoms with Gasteiger partial charge in [-0.2, -0.15) is 0 Å². The third-order valence-electron chi connectivity index (χ3n) is 8.14. The normalized spacial score (nSPS) is 26.2. The summed E-state index contributed by atoms with van der Waals surface area (Å²) >= 11 is 0. The van der Waals surface area contributed by atoms with Gasteiger partial charge in [0, 0.05) is 76.6 Å². The van der Waals surface area contributed by atoms with Crippen molar-refractivity contribution in [3.05, 3.63) is 23.8 Å². The molecule has 2 bridgehead atoms. The van der Waals surface area contributed by atoms with Crippen LogP contribution in [0.15, 0.2) is 18.2 Å². The molecule has 3 saturated heterocycles. The van der Waals surface area contributed by atoms with Crippen molar-refractivity contribution < 1.29 is 19.1 Å². The molecule has 0 unspecified atom stereocenters. The lowest BCUT2D eigenvalue weighted by molar-refractivity contribution is -0.135. The maximum absolute atomic E-state index is 13.1. The van der Waals surface area contributed by atoms with Crippen molar-refractivity contribution >= 4 is 17.5 Å². The maximum atomic E-state index is 13.1. The minimum atomic E-state index is 0.151. The van der Waals surface area contributed by atoms with Crippen LogP contribution in [0.2, 0.25) is 0 Å². The molecule has 0 spiro atoms. The van der Waals surface area contributed by atoms with Crippen molar-refractivity contribution in [2.45, 2.75) is 32.2 Å². The van der Waals surface area contributed by atoms with E-state index in [-0.39, 0.29) is 11.8 Å². The molecule has 0 saturated carbocycles. The summed E-state index contributed by atoms with van der Waals surface area (Å²) in [4.78, 5) is 32.4. The van der Waals surface area contributed by atoms with Crippen molar-refractivity contribution in [2.24, 2.45) is 11.8 Å². The second-order valence-corrected chi connectivity index (χ2v) is 10.5. The molecule has 198 valence electrons. The smallest absolute Gasteiger partial charge is 0.236 e. The Bertz CT molecular complexity index is 900. The first kappa shape index (κ1) is 25.3. The average Bonchev–Trinajstić information content (AvgIpc) is 2.93. The van der Waals surface area contributed by atoms with E-state index in [1.807, 2.05) is 9.80 Å². The Morgan fingerprint density at radius 1 is 0.944 bits per heavy atom. The summed E-state index contributed by atoms with van der Waals surface area (Å²) in [6.45, 7) is 9.67. The van der Waals surface area contributed by atoms with E-state index < -0.39 is 0 Å². The van der Waals surface area contributed by atoms with Gasteiger partial charge in [0.2, 0.25) is 11.8 Å². The number of piperidine rings is 1. The largest absolute Gasteiger partial charge is 0.493 e. The predicted molar refractivity (Wildman–Crippen MR) is 138 cm³/mol. The van der Waals surface area contributed by atoms with Gasteiger partial charge in [-0.3, -0.25) is 9.59 Å². The Labute approximate surface area is 214 Å². The first-order chi connectivity index (χ1) is 17.7. The molecule has 0 aromatic heterocycles. The zero-order chi connectivity index (χ0) is 24.7. The van der Waals surface area contributed by atoms with E-state index in [1.165, 1.54) is 5.69 Å². The van der Waals surface area contributed by atoms with Gasteiger partial charge in [0.15, 0.2) is 0 Å². The highest BCUT2D eigenvalue weighted by Crippen LogP contribution is 2.32. The summed E-state index contributed by atoms with van der Waals surface area (Å²) in [7, 11) is 0. The summed E-state index contributed by atoms with van der Waals surface area (Å²) in [5.41, 5.74) is 2.26. The zero-order valence-corrected chi connectivity index (χ0v) is 21.4. The molecule has 2 amide bonds. The van der Waals surface area contributed by atoms with Crippen LogP contribution in [0.25, 0.3) is 0 Å². The van der Waals surface area contributed by atoms with Crippen molar-refractivity contribution in [2.75, 3.05) is 83.6 Å². The number of carbonyl (C=O) groups is 2. The number of amides is 2. The van der Waals surface area contributed by atoms with E-state index >= 15 is 0 Å². The first-order valence-corrected chi connectivity index (χ1v) is 13.7. The molecular weight excluding hydrogens is 458 g/mol. The van der Waals surface area contributed by atoms with Crippen LogP contribution in [0.1, 0.15) is 31.2 Å². The standard InChI is InChI=1S/C27H41N5O4/c33-26(31-9-6-28-7-10-31)17-21-5-8-32-20-22(21)2-1-13-36-25-4-3-24(30-11-14-35-15-12-30)16-23(25)18-29-19-27(32)34/h3-4,16,21-22,28-29H,1-2,5-15,17-20H2/t21-,22-/m0/s1. The minimum Gasteiger partial charge on any atom is -0.493 e. The molecule has 4 heterocycles. The molecule has 1 aromatic rings. The van der Waals surface area contributed by atoms with E-state index in [9.17, 15) is 9.59 Å². The van der Waals surface area contributed by atoms with Gasteiger partial charge < -0.3 is 34.8 Å². The van der Waals surface area contributed by atoms with Gasteiger partial charge in [-0.1, -0.05) is 0 Å². The number of morpholine rings is 1. The van der Waals surface area contributed by atoms with Crippen LogP contribution in [0.3, 0.4) is 0 Å². The molecule has 2 atom stereocenters. The van der Waals surface area contributed by atoms with Crippen LogP contribution in [0, 0.1) is 11.8 Å². The van der Waals surface area contributed by atoms with E-state index in [0.29, 0.717) is 38.0 Å². The molecule has 4 aliphatic heterocycles. The SMILES string of the molecule is O=C(C[C@@H]1CCN2C[C@@H]1CCCOc1ccc(N3CCOCC3)cc1CNCC2=O)N1CCNCC1. The zero-order valence-electron chi connectivity index (χ0n) is 21.4. The molecular formula is C27H41N5O4. The van der Waals surface area contributed by atoms with Crippen LogP contribution in [0.5, 0.6) is 5.75 Å². The summed E-state index contributed by atoms with van der Waals surface area (Å²) in [6.07, 6.45) is 3.39. The van der Waals surface area contributed by atoms with E-state index in [1.54, 1.807) is 0 Å². The number of carbonyl (C=O) groups excluding carboxylic acids is 2. The van der Waals surface area contributed by atoms with E-state index in [0.717, 1.165) is 96.1 Å². The Kier molecular flexibility index (Phi) is 8.61. The van der Waals surface area contributed by atoms with E-state index in [4.69, 9.17) is 9.47 Å². The van der Waals surface area contributed by atoms with Gasteiger partial charge in [-0.25, -0.2) is 0 Å². The van der Waals surface area contributed by atoms with Gasteiger partial charge >= 0.3 is 0 Å². The van der Waals surface area contributed by atoms with Crippen LogP contribution in [0.4, 0.5) is 5.69 Å². The average molecular weight is 500 g/mol. The number of nitrogens with zero attached hydrogens (tertiary/aromatic N) is 3. The van der Waals surface area contributed by atoms with Crippen molar-refractivity contribution in [3.8, 4) is 5.75 Å². The fourth-order valence-electron chi connectivity index (χ4n) is 5.98. The number of anilines is 1. The Morgan fingerprint density at radius 3 is 2.61 bits per heavy atom. The van der Waals surface area contributed by atoms with Crippen LogP contribution in [-0.4, -0.2) is 100 Å². The van der Waals surface area contributed by atoms with Gasteiger partial charge in [0.05, 0.1) is 26.4 Å². The number of benzene rings is 1. The molecule has 1 aromatic carbocycles. The van der Waals surface area contributed by atoms with Crippen molar-refractivity contribution in [1.82, 2.24) is 20.4 Å². The van der Waals surface area contributed by atoms with Crippen LogP contribution in [-0.2, 0) is 20.9 Å². The highest BCUT2D eigenvalue weighted by molar-refractivity contribution is 5.79. The van der Waals surface area contributed by atoms with Gasteiger partial charge in [0.1, 0.15) is 5.75 Å². The quantitative estimate of drug-likeness (QED) is 0.644. The molecule has 4 aliphatic rings. The molecule has 0 aliphatic carbocycles. The number of nitrogens with one attached hydrogen (secondary N) is 2. The monoisotopic (exact) mass is 499 g/mol. The van der Waals surface area contributed by atoms with Gasteiger partial charge in [-0.15, -0.1) is 0 Å². The fraction of sp³-hybridized carbons (Fsp3) is 0.704. The van der Waals surface area contributed by atoms with Crippen LogP contribution < -0.4 is 20.3 Å². The predicted octanol–water partition coefficient (Wildman–Crippen LogP) is 1.07. The summed E-state index contributed by atoms with van der Waals surface area (Å²) in [5, 5.41) is 6.69. The molecule has 36 heavy (non-hydrogen) atoms. The number of fused-ring (bicyclic) bond motifs is 3. The molecule has 9 nitrogen and oxygen atoms in total. The lowest BCUT2D eigenvalue weighted by atomic mass is 9.80. The maximum Gasteiger partial charge on any atom is 0.236 e. The molecule has 2 N–H and O–H groups in total. The second kappa shape index (κ2) is 12.3. The Hall–Kier alpha value is -2.36. The Balaban J connectivity index is 1.24. The van der Waals surface area contributed by atoms with E-state index in [2.05, 4.69) is 33.7 Å². The fourth-order valence-corrected chi connectivity index (χ4v) is 5.98. The summed E-state index contributed by atoms with van der Waals surface area (Å²) in [5.74, 6) is 1.98. The summed E-state index contributed by atoms with van der Waals surface area (Å²) in [6, 6.07) is 6.39. The van der Waals surface area contributed by atoms with Crippen LogP contribution >= 0.6 is 0 Å². The summed E-state index contributed by atoms with van der Waals surface area (Å²) < 4.78 is 11.8. The number of hydrogen-bond donors (Lipinski definition) is 2. The first-order valence-electron chi connectivity index (χ1n) is 13.7. The lowest BCUT2D eigenvalue weighted by Gasteiger charge is -2.39. The third-order valence-corrected chi connectivity index (χ3v) is 8.14. The van der Waals surface area contributed by atoms with Gasteiger partial charge in [-0.05, 0) is 49.3 Å². The number of piperazine rings is 1. The number of rotatable bonds is 3. The molecule has 9 heteroatoms. The van der Waals surface area contributed by atoms with Crippen molar-refractivity contribution in [3.63, 3.8) is 0 Å². The van der Waals surface area contributed by atoms with Crippen molar-refractivity contribution in [1.29, 1.82) is 0 Å². The lowest BCUT2D eigenvalue weighted by Crippen LogP contribution is -2.49. The second-order valence-electron chi connectivity index (χ2n) is 10.5. The Morgan fingerprint density at radius 2 is 1.78 bits per heavy atom. The molecule has 3 fully saturated rings. The minimum absolute atomic E-state index is 0.151. The molecule has 5 rings (SSSR count).